The molecule has 6 aromatic carbocycles. The summed E-state index contributed by atoms with van der Waals surface area (Å²) in [7, 11) is 0. The van der Waals surface area contributed by atoms with Crippen molar-refractivity contribution in [2.45, 2.75) is 120 Å². The molecule has 0 radical (unpaired) electrons. The highest BCUT2D eigenvalue weighted by Gasteiger charge is 2.25. The number of amides is 6. The largest absolute Gasteiger partial charge is 0.483 e. The number of hydrogen-bond acceptors (Lipinski definition) is 15. The van der Waals surface area contributed by atoms with Crippen LogP contribution in [-0.4, -0.2) is 109 Å². The molecule has 7 rings (SSSR count). The first kappa shape index (κ1) is 68.8. The Bertz CT molecular complexity index is 2950. The molecule has 0 fully saturated rings. The number of nitrogens with one attached hydrogen (secondary N) is 3. The Labute approximate surface area is 527 Å². The molecule has 0 unspecified atom stereocenters. The molecule has 6 amide bonds. The minimum absolute atomic E-state index is 0.181. The maximum atomic E-state index is 14.5. The van der Waals surface area contributed by atoms with Crippen LogP contribution in [0, 0.1) is 0 Å². The van der Waals surface area contributed by atoms with Crippen molar-refractivity contribution in [3.63, 3.8) is 0 Å². The van der Waals surface area contributed by atoms with E-state index in [1.165, 1.54) is 0 Å². The van der Waals surface area contributed by atoms with Crippen molar-refractivity contribution in [1.29, 1.82) is 0 Å². The summed E-state index contributed by atoms with van der Waals surface area (Å²) in [5.74, 6) is -1.54. The lowest BCUT2D eigenvalue weighted by Gasteiger charge is -2.24. The summed E-state index contributed by atoms with van der Waals surface area (Å²) in [6.45, 7) is 13.1. The summed E-state index contributed by atoms with van der Waals surface area (Å²) in [6, 6.07) is 32.5. The van der Waals surface area contributed by atoms with Crippen LogP contribution in [0.15, 0.2) is 109 Å². The molecule has 21 nitrogen and oxygen atoms in total. The van der Waals surface area contributed by atoms with E-state index in [9.17, 15) is 28.8 Å². The number of nitrogens with two attached hydrogens (primary N) is 3. The molecule has 6 aromatic rings. The fourth-order valence-corrected chi connectivity index (χ4v) is 10.3. The van der Waals surface area contributed by atoms with E-state index in [0.717, 1.165) is 33.4 Å². The Morgan fingerprint density at radius 1 is 0.356 bits per heavy atom. The maximum absolute atomic E-state index is 14.5. The van der Waals surface area contributed by atoms with Gasteiger partial charge in [0.15, 0.2) is 19.8 Å². The zero-order chi connectivity index (χ0) is 64.5. The molecule has 9 N–H and O–H groups in total. The molecule has 0 atom stereocenters. The van der Waals surface area contributed by atoms with E-state index in [1.54, 1.807) is 51.1 Å². The summed E-state index contributed by atoms with van der Waals surface area (Å²) in [5.41, 5.74) is 25.8. The molecule has 0 spiro atoms. The number of carbonyl (C=O) groups excluding carboxylic acids is 6. The number of benzene rings is 6. The first-order chi connectivity index (χ1) is 43.6. The van der Waals surface area contributed by atoms with Crippen molar-refractivity contribution in [1.82, 2.24) is 30.7 Å². The number of ether oxygens (including phenoxy) is 6. The molecule has 0 aromatic heterocycles. The SMILES string of the molecule is CCN(CC)C(=O)COc1c2cc(C(=O)NCc3ccc(CN)cc3)cc1COCc1cc(C(=O)NCc3ccc(CN)cc3)cc(c1OCC(=O)N(CC)CC)COCc1cc(C(=O)NCc3ccc(CN)cc3)cc(c1OCC(=O)N(CC)CC)COC2. The number of fused-ring (bicyclic) bond motifs is 6. The highest BCUT2D eigenvalue weighted by Crippen LogP contribution is 2.35. The van der Waals surface area contributed by atoms with Gasteiger partial charge in [-0.1, -0.05) is 72.8 Å². The Balaban J connectivity index is 1.41. The predicted octanol–water partition coefficient (Wildman–Crippen LogP) is 7.06. The van der Waals surface area contributed by atoms with E-state index in [-0.39, 0.29) is 131 Å². The number of nitrogens with zero attached hydrogens (tertiary/aromatic N) is 3. The third-order valence-corrected chi connectivity index (χ3v) is 15.6. The summed E-state index contributed by atoms with van der Waals surface area (Å²) < 4.78 is 39.4. The average Bonchev–Trinajstić information content (AvgIpc) is 2.45. The molecule has 0 aliphatic carbocycles. The van der Waals surface area contributed by atoms with Gasteiger partial charge in [0, 0.05) is 129 Å². The van der Waals surface area contributed by atoms with E-state index in [1.807, 2.05) is 114 Å². The molecule has 0 saturated heterocycles. The maximum Gasteiger partial charge on any atom is 0.260 e. The highest BCUT2D eigenvalue weighted by atomic mass is 16.5. The van der Waals surface area contributed by atoms with Crippen molar-refractivity contribution in [2.75, 3.05) is 59.1 Å². The van der Waals surface area contributed by atoms with E-state index < -0.39 is 17.7 Å². The fraction of sp³-hybridized carbons (Fsp3) is 0.391. The summed E-state index contributed by atoms with van der Waals surface area (Å²) in [6.07, 6.45) is 0. The summed E-state index contributed by atoms with van der Waals surface area (Å²) in [4.78, 5) is 89.6. The Morgan fingerprint density at radius 3 is 0.744 bits per heavy atom. The molecule has 0 saturated carbocycles. The van der Waals surface area contributed by atoms with Gasteiger partial charge >= 0.3 is 0 Å². The van der Waals surface area contributed by atoms with Crippen molar-refractivity contribution in [3.8, 4) is 17.2 Å². The second-order valence-corrected chi connectivity index (χ2v) is 21.5. The van der Waals surface area contributed by atoms with Crippen LogP contribution in [-0.2, 0) is 108 Å². The standard InChI is InChI=1S/C69H87N9O12/c1-7-76(8-2)61(79)43-88-64-55-25-52(67(82)73-34-49-19-13-46(31-70)14-20-49)26-56(64)38-86-40-58-28-54(69(84)75-36-51-23-17-48(33-72)18-24-51)30-60(66(58)90-45-63(81)78(11-5)12-6)42-87-41-59-29-53(68(83)74-35-50-21-15-47(32-71)16-22-50)27-57(39-85-37-55)65(59)89-44-62(80)77(9-3)10-4/h13-30H,7-12,31-45,70-72H2,1-6H3,(H,73,82)(H,74,83)(H,75,84). The minimum atomic E-state index is -0.437. The van der Waals surface area contributed by atoms with E-state index in [4.69, 9.17) is 45.6 Å². The monoisotopic (exact) mass is 1230 g/mol. The first-order valence-electron chi connectivity index (χ1n) is 30.8. The molecule has 21 heteroatoms. The van der Waals surface area contributed by atoms with Gasteiger partial charge in [0.05, 0.1) is 39.6 Å². The topological polar surface area (TPSA) is 282 Å². The summed E-state index contributed by atoms with van der Waals surface area (Å²) in [5, 5.41) is 9.09. The number of hydrogen-bond donors (Lipinski definition) is 6. The van der Waals surface area contributed by atoms with Crippen LogP contribution in [0.5, 0.6) is 17.2 Å². The lowest BCUT2D eigenvalue weighted by atomic mass is 10.0. The van der Waals surface area contributed by atoms with Crippen LogP contribution in [0.1, 0.15) is 139 Å². The van der Waals surface area contributed by atoms with Crippen LogP contribution < -0.4 is 47.4 Å². The molecule has 6 bridgehead atoms. The first-order valence-corrected chi connectivity index (χ1v) is 30.8. The molecule has 480 valence electrons. The van der Waals surface area contributed by atoms with Gasteiger partial charge in [-0.25, -0.2) is 0 Å². The molecule has 1 aliphatic heterocycles. The van der Waals surface area contributed by atoms with E-state index >= 15 is 0 Å². The highest BCUT2D eigenvalue weighted by molar-refractivity contribution is 5.96. The number of carbonyl (C=O) groups is 6. The number of likely N-dealkylation sites (N-methyl/N-ethyl adjacent to an activating group) is 3. The van der Waals surface area contributed by atoms with Crippen LogP contribution in [0.2, 0.25) is 0 Å². The molecule has 90 heavy (non-hydrogen) atoms. The van der Waals surface area contributed by atoms with Crippen LogP contribution in [0.25, 0.3) is 0 Å². The third kappa shape index (κ3) is 19.2. The average molecular weight is 1230 g/mol. The van der Waals surface area contributed by atoms with Gasteiger partial charge in [-0.15, -0.1) is 0 Å². The van der Waals surface area contributed by atoms with Gasteiger partial charge in [0.25, 0.3) is 35.4 Å². The second kappa shape index (κ2) is 34.9. The second-order valence-electron chi connectivity index (χ2n) is 21.5. The van der Waals surface area contributed by atoms with Crippen molar-refractivity contribution >= 4 is 35.4 Å². The Hall–Kier alpha value is -8.70. The van der Waals surface area contributed by atoms with Gasteiger partial charge in [-0.3, -0.25) is 28.8 Å². The van der Waals surface area contributed by atoms with Gasteiger partial charge in [-0.05, 0) is 111 Å². The third-order valence-electron chi connectivity index (χ3n) is 15.6. The van der Waals surface area contributed by atoms with Crippen molar-refractivity contribution in [3.05, 3.63) is 193 Å². The van der Waals surface area contributed by atoms with Crippen molar-refractivity contribution in [2.24, 2.45) is 17.2 Å². The zero-order valence-electron chi connectivity index (χ0n) is 52.7. The molecule has 1 aliphatic rings. The Kier molecular flexibility index (Phi) is 26.7. The minimum Gasteiger partial charge on any atom is -0.483 e. The molecular formula is C69H87N9O12. The summed E-state index contributed by atoms with van der Waals surface area (Å²) >= 11 is 0. The van der Waals surface area contributed by atoms with Crippen LogP contribution in [0.4, 0.5) is 0 Å². The normalized spacial score (nSPS) is 12.4. The quantitative estimate of drug-likeness (QED) is 0.0301. The lowest BCUT2D eigenvalue weighted by Crippen LogP contribution is -2.34. The zero-order valence-corrected chi connectivity index (χ0v) is 52.7. The predicted molar refractivity (Wildman–Crippen MR) is 342 cm³/mol. The molecular weight excluding hydrogens is 1150 g/mol. The van der Waals surface area contributed by atoms with Gasteiger partial charge in [-0.2, -0.15) is 0 Å². The van der Waals surface area contributed by atoms with E-state index in [2.05, 4.69) is 16.0 Å². The van der Waals surface area contributed by atoms with Crippen LogP contribution >= 0.6 is 0 Å². The molecule has 1 heterocycles. The van der Waals surface area contributed by atoms with Crippen molar-refractivity contribution < 1.29 is 57.2 Å². The Morgan fingerprint density at radius 2 is 0.556 bits per heavy atom. The van der Waals surface area contributed by atoms with E-state index in [0.29, 0.717) is 92.3 Å². The van der Waals surface area contributed by atoms with Crippen LogP contribution in [0.3, 0.4) is 0 Å². The van der Waals surface area contributed by atoms with Gasteiger partial charge < -0.3 is 76.3 Å². The fourth-order valence-electron chi connectivity index (χ4n) is 10.3. The van der Waals surface area contributed by atoms with Gasteiger partial charge in [0.2, 0.25) is 0 Å². The smallest absolute Gasteiger partial charge is 0.260 e. The number of rotatable bonds is 27. The van der Waals surface area contributed by atoms with Gasteiger partial charge in [0.1, 0.15) is 17.2 Å². The lowest BCUT2D eigenvalue weighted by molar-refractivity contribution is -0.133.